The molecule has 0 bridgehead atoms. The van der Waals surface area contributed by atoms with Crippen molar-refractivity contribution < 1.29 is 24.3 Å². The molecule has 0 radical (unpaired) electrons. The van der Waals surface area contributed by atoms with Gasteiger partial charge in [0.15, 0.2) is 5.76 Å². The largest absolute Gasteiger partial charge is 0.459 e. The van der Waals surface area contributed by atoms with Crippen molar-refractivity contribution in [2.45, 2.75) is 32.0 Å². The maximum atomic E-state index is 13.1. The summed E-state index contributed by atoms with van der Waals surface area (Å²) in [7, 11) is 0. The van der Waals surface area contributed by atoms with Gasteiger partial charge in [0.05, 0.1) is 4.92 Å². The molecule has 3 atom stereocenters. The first-order valence-corrected chi connectivity index (χ1v) is 13.1. The van der Waals surface area contributed by atoms with Crippen LogP contribution in [0.25, 0.3) is 10.1 Å². The molecular formula is C26H30N4O6S. The van der Waals surface area contributed by atoms with E-state index in [9.17, 15) is 20.0 Å². The SMILES string of the molecule is CCO[C@H]1OC(C(=O)NCCNc2ccc([N+](=O)[O-])cn2)=C[C@@H](c2csc3ccccc23)[C@@H]1CCCO. The minimum atomic E-state index is -0.617. The molecule has 0 unspecified atom stereocenters. The number of aromatic nitrogens is 1. The summed E-state index contributed by atoms with van der Waals surface area (Å²) in [6, 6.07) is 11.1. The smallest absolute Gasteiger partial charge is 0.287 e. The maximum absolute atomic E-state index is 13.1. The lowest BCUT2D eigenvalue weighted by Crippen LogP contribution is -2.39. The van der Waals surface area contributed by atoms with Gasteiger partial charge >= 0.3 is 0 Å². The second-order valence-corrected chi connectivity index (χ2v) is 9.47. The molecule has 3 N–H and O–H groups in total. The number of nitrogens with zero attached hydrogens (tertiary/aromatic N) is 2. The molecule has 1 amide bonds. The fourth-order valence-electron chi connectivity index (χ4n) is 4.43. The fourth-order valence-corrected chi connectivity index (χ4v) is 5.44. The molecule has 0 spiro atoms. The maximum Gasteiger partial charge on any atom is 0.287 e. The highest BCUT2D eigenvalue weighted by Gasteiger charge is 2.38. The number of allylic oxidation sites excluding steroid dienone is 1. The number of hydrogen-bond donors (Lipinski definition) is 3. The van der Waals surface area contributed by atoms with Gasteiger partial charge in [-0.25, -0.2) is 4.98 Å². The first-order chi connectivity index (χ1) is 18.0. The second-order valence-electron chi connectivity index (χ2n) is 8.56. The molecular weight excluding hydrogens is 496 g/mol. The topological polar surface area (TPSA) is 136 Å². The lowest BCUT2D eigenvalue weighted by molar-refractivity contribution is -0.385. The molecule has 1 aliphatic rings. The third-order valence-corrected chi connectivity index (χ3v) is 7.16. The first kappa shape index (κ1) is 26.5. The van der Waals surface area contributed by atoms with E-state index in [1.165, 1.54) is 23.0 Å². The van der Waals surface area contributed by atoms with Gasteiger partial charge in [-0.15, -0.1) is 11.3 Å². The van der Waals surface area contributed by atoms with Crippen molar-refractivity contribution in [1.29, 1.82) is 0 Å². The Morgan fingerprint density at radius 1 is 1.27 bits per heavy atom. The molecule has 0 saturated heterocycles. The number of carbonyl (C=O) groups is 1. The van der Waals surface area contributed by atoms with E-state index >= 15 is 0 Å². The summed E-state index contributed by atoms with van der Waals surface area (Å²) >= 11 is 1.66. The van der Waals surface area contributed by atoms with E-state index in [2.05, 4.69) is 33.1 Å². The van der Waals surface area contributed by atoms with E-state index in [1.807, 2.05) is 25.1 Å². The highest BCUT2D eigenvalue weighted by molar-refractivity contribution is 7.17. The molecule has 196 valence electrons. The van der Waals surface area contributed by atoms with Crippen LogP contribution in [-0.4, -0.2) is 53.5 Å². The number of rotatable bonds is 12. The molecule has 0 aliphatic carbocycles. The molecule has 3 aromatic rings. The number of ether oxygens (including phenoxy) is 2. The van der Waals surface area contributed by atoms with E-state index in [0.29, 0.717) is 31.8 Å². The van der Waals surface area contributed by atoms with Crippen LogP contribution in [0.3, 0.4) is 0 Å². The van der Waals surface area contributed by atoms with Gasteiger partial charge in [0, 0.05) is 48.9 Å². The third kappa shape index (κ3) is 6.43. The number of thiophene rings is 1. The van der Waals surface area contributed by atoms with Crippen molar-refractivity contribution in [2.75, 3.05) is 31.6 Å². The minimum absolute atomic E-state index is 0.0588. The molecule has 10 nitrogen and oxygen atoms in total. The Labute approximate surface area is 218 Å². The Balaban J connectivity index is 1.48. The molecule has 0 saturated carbocycles. The number of nitrogens with one attached hydrogen (secondary N) is 2. The van der Waals surface area contributed by atoms with Crippen LogP contribution >= 0.6 is 11.3 Å². The summed E-state index contributed by atoms with van der Waals surface area (Å²) < 4.78 is 13.1. The van der Waals surface area contributed by atoms with Gasteiger partial charge in [0.2, 0.25) is 6.29 Å². The molecule has 1 aromatic carbocycles. The number of amides is 1. The average molecular weight is 527 g/mol. The van der Waals surface area contributed by atoms with Crippen LogP contribution in [0.15, 0.2) is 59.8 Å². The number of aliphatic hydroxyl groups is 1. The fraction of sp³-hybridized carbons (Fsp3) is 0.385. The number of pyridine rings is 1. The summed E-state index contributed by atoms with van der Waals surface area (Å²) in [6.45, 7) is 3.05. The highest BCUT2D eigenvalue weighted by atomic mass is 32.1. The summed E-state index contributed by atoms with van der Waals surface area (Å²) in [4.78, 5) is 27.3. The van der Waals surface area contributed by atoms with E-state index in [-0.39, 0.29) is 42.3 Å². The Morgan fingerprint density at radius 3 is 2.84 bits per heavy atom. The molecule has 3 heterocycles. The number of aliphatic hydroxyl groups excluding tert-OH is 1. The predicted octanol–water partition coefficient (Wildman–Crippen LogP) is 4.18. The number of nitro groups is 1. The zero-order valence-corrected chi connectivity index (χ0v) is 21.3. The quantitative estimate of drug-likeness (QED) is 0.182. The van der Waals surface area contributed by atoms with Crippen LogP contribution in [0.1, 0.15) is 31.2 Å². The molecule has 4 rings (SSSR count). The predicted molar refractivity (Wildman–Crippen MR) is 141 cm³/mol. The van der Waals surface area contributed by atoms with Crippen LogP contribution in [0, 0.1) is 16.0 Å². The van der Waals surface area contributed by atoms with Crippen molar-refractivity contribution in [3.63, 3.8) is 0 Å². The molecule has 11 heteroatoms. The van der Waals surface area contributed by atoms with Crippen molar-refractivity contribution in [1.82, 2.24) is 10.3 Å². The second kappa shape index (κ2) is 12.6. The van der Waals surface area contributed by atoms with E-state index < -0.39 is 11.2 Å². The Hall–Kier alpha value is -3.54. The van der Waals surface area contributed by atoms with Gasteiger partial charge in [0.25, 0.3) is 11.6 Å². The third-order valence-electron chi connectivity index (χ3n) is 6.18. The highest BCUT2D eigenvalue weighted by Crippen LogP contribution is 2.43. The minimum Gasteiger partial charge on any atom is -0.459 e. The molecule has 1 aliphatic heterocycles. The normalized spacial score (nSPS) is 19.2. The number of benzene rings is 1. The molecule has 37 heavy (non-hydrogen) atoms. The summed E-state index contributed by atoms with van der Waals surface area (Å²) in [6.07, 6.45) is 3.72. The summed E-state index contributed by atoms with van der Waals surface area (Å²) in [5.74, 6) is 0.147. The van der Waals surface area contributed by atoms with Gasteiger partial charge in [-0.2, -0.15) is 0 Å². The lowest BCUT2D eigenvalue weighted by atomic mass is 9.80. The zero-order valence-electron chi connectivity index (χ0n) is 20.5. The van der Waals surface area contributed by atoms with Crippen LogP contribution in [0.5, 0.6) is 0 Å². The molecule has 0 fully saturated rings. The number of carbonyl (C=O) groups excluding carboxylic acids is 1. The lowest BCUT2D eigenvalue weighted by Gasteiger charge is -2.36. The van der Waals surface area contributed by atoms with Gasteiger partial charge < -0.3 is 25.2 Å². The van der Waals surface area contributed by atoms with Gasteiger partial charge in [-0.05, 0) is 54.3 Å². The van der Waals surface area contributed by atoms with Gasteiger partial charge in [0.1, 0.15) is 12.0 Å². The van der Waals surface area contributed by atoms with Crippen molar-refractivity contribution >= 4 is 38.8 Å². The van der Waals surface area contributed by atoms with E-state index in [1.54, 1.807) is 11.3 Å². The van der Waals surface area contributed by atoms with Crippen LogP contribution in [0.2, 0.25) is 0 Å². The number of anilines is 1. The van der Waals surface area contributed by atoms with Crippen molar-refractivity contribution in [2.24, 2.45) is 5.92 Å². The summed E-state index contributed by atoms with van der Waals surface area (Å²) in [5, 5.41) is 29.4. The Bertz CT molecular complexity index is 1250. The van der Waals surface area contributed by atoms with E-state index in [4.69, 9.17) is 9.47 Å². The van der Waals surface area contributed by atoms with Crippen molar-refractivity contribution in [3.05, 3.63) is 75.5 Å². The molecule has 2 aromatic heterocycles. The average Bonchev–Trinajstić information content (AvgIpc) is 3.34. The van der Waals surface area contributed by atoms with Crippen LogP contribution in [-0.2, 0) is 14.3 Å². The first-order valence-electron chi connectivity index (χ1n) is 12.2. The Kier molecular flexibility index (Phi) is 9.04. The van der Waals surface area contributed by atoms with Gasteiger partial charge in [-0.3, -0.25) is 14.9 Å². The van der Waals surface area contributed by atoms with Gasteiger partial charge in [-0.1, -0.05) is 18.2 Å². The summed E-state index contributed by atoms with van der Waals surface area (Å²) in [5.41, 5.74) is 1.03. The zero-order chi connectivity index (χ0) is 26.2. The van der Waals surface area contributed by atoms with Crippen LogP contribution < -0.4 is 10.6 Å². The number of fused-ring (bicyclic) bond motifs is 1. The number of hydrogen-bond acceptors (Lipinski definition) is 9. The van der Waals surface area contributed by atoms with E-state index in [0.717, 1.165) is 10.9 Å². The van der Waals surface area contributed by atoms with Crippen LogP contribution in [0.4, 0.5) is 11.5 Å². The van der Waals surface area contributed by atoms with Crippen molar-refractivity contribution in [3.8, 4) is 0 Å². The monoisotopic (exact) mass is 526 g/mol. The standard InChI is InChI=1S/C26H30N4O6S/c1-2-35-26-19(7-5-13-31)20(21-16-37-23-8-4-3-6-18(21)23)14-22(36-26)25(32)28-12-11-27-24-10-9-17(15-29-24)30(33)34/h3-4,6,8-10,14-16,19-20,26,31H,2,5,7,11-13H2,1H3,(H,27,29)(H,28,32)/t19-,20+,26-/m0/s1. The Morgan fingerprint density at radius 2 is 2.11 bits per heavy atom.